The van der Waals surface area contributed by atoms with E-state index in [1.165, 1.54) is 24.8 Å². The summed E-state index contributed by atoms with van der Waals surface area (Å²) in [6.07, 6.45) is 14.8. The van der Waals surface area contributed by atoms with Crippen LogP contribution in [0.3, 0.4) is 0 Å². The van der Waals surface area contributed by atoms with Crippen LogP contribution in [0.15, 0.2) is 35.5 Å². The Hall–Kier alpha value is -0.940. The van der Waals surface area contributed by atoms with Crippen LogP contribution in [0, 0.1) is 5.41 Å². The van der Waals surface area contributed by atoms with Crippen LogP contribution in [-0.2, 0) is 18.9 Å². The molecule has 3 fully saturated rings. The first-order chi connectivity index (χ1) is 14.1. The van der Waals surface area contributed by atoms with Gasteiger partial charge in [-0.05, 0) is 87.5 Å². The molecule has 4 heteroatoms. The normalized spacial score (nSPS) is 48.7. The van der Waals surface area contributed by atoms with Gasteiger partial charge >= 0.3 is 0 Å². The Morgan fingerprint density at radius 2 is 2.10 bits per heavy atom. The maximum absolute atomic E-state index is 7.04. The summed E-state index contributed by atoms with van der Waals surface area (Å²) < 4.78 is 26.2. The molecular formula is C25H34O4. The molecule has 3 heterocycles. The van der Waals surface area contributed by atoms with Crippen LogP contribution in [0.5, 0.6) is 0 Å². The average Bonchev–Trinajstić information content (AvgIpc) is 3.41. The van der Waals surface area contributed by atoms with E-state index >= 15 is 0 Å². The van der Waals surface area contributed by atoms with Gasteiger partial charge in [0, 0.05) is 19.1 Å². The van der Waals surface area contributed by atoms with E-state index in [-0.39, 0.29) is 34.4 Å². The molecular weight excluding hydrogens is 364 g/mol. The molecule has 158 valence electrons. The monoisotopic (exact) mass is 398 g/mol. The van der Waals surface area contributed by atoms with Crippen molar-refractivity contribution in [2.75, 3.05) is 20.3 Å². The van der Waals surface area contributed by atoms with Gasteiger partial charge in [-0.2, -0.15) is 0 Å². The number of fused-ring (bicyclic) bond motifs is 4. The number of hydrogen-bond acceptors (Lipinski definition) is 4. The van der Waals surface area contributed by atoms with E-state index in [0.717, 1.165) is 45.1 Å². The summed E-state index contributed by atoms with van der Waals surface area (Å²) in [5, 5.41) is 0. The standard InChI is InChI=1S/C25H34O4/c1-4-13-27-24-12-11-22(2)23(24,10-7-14-26-3)16-21(29-22)25-18-9-6-5-8-17(18)19(28-25)15-20(24)25/h4,15,19,21H,1,5-14,16H2,2-3H3/t19?,21-,22?,23-,24+,25+/m1/s1. The van der Waals surface area contributed by atoms with E-state index in [9.17, 15) is 0 Å². The quantitative estimate of drug-likeness (QED) is 0.462. The predicted molar refractivity (Wildman–Crippen MR) is 111 cm³/mol. The lowest BCUT2D eigenvalue weighted by molar-refractivity contribution is -0.135. The molecule has 4 bridgehead atoms. The summed E-state index contributed by atoms with van der Waals surface area (Å²) in [5.74, 6) is 0. The number of rotatable bonds is 7. The number of hydrogen-bond donors (Lipinski definition) is 0. The van der Waals surface area contributed by atoms with Gasteiger partial charge < -0.3 is 18.9 Å². The van der Waals surface area contributed by atoms with E-state index in [4.69, 9.17) is 18.9 Å². The second-order valence-electron chi connectivity index (χ2n) is 10.2. The SMILES string of the molecule is C=CCO[C@]12CCC3(C)O[C@H](C[C@]31CCCOC)[C@@]13OC(C=C12)C1=C3CCCC1. The Morgan fingerprint density at radius 3 is 2.93 bits per heavy atom. The molecule has 4 nitrogen and oxygen atoms in total. The van der Waals surface area contributed by atoms with Crippen molar-refractivity contribution in [3.05, 3.63) is 35.5 Å². The van der Waals surface area contributed by atoms with Gasteiger partial charge in [0.25, 0.3) is 0 Å². The van der Waals surface area contributed by atoms with Gasteiger partial charge in [-0.25, -0.2) is 0 Å². The Kier molecular flexibility index (Phi) is 3.93. The smallest absolute Gasteiger partial charge is 0.141 e. The fourth-order valence-corrected chi connectivity index (χ4v) is 8.26. The lowest BCUT2D eigenvalue weighted by Gasteiger charge is -2.55. The zero-order chi connectivity index (χ0) is 19.9. The molecule has 2 unspecified atom stereocenters. The molecule has 1 spiro atoms. The lowest BCUT2D eigenvalue weighted by atomic mass is 9.52. The maximum Gasteiger partial charge on any atom is 0.141 e. The molecule has 0 N–H and O–H groups in total. The van der Waals surface area contributed by atoms with Crippen LogP contribution in [0.25, 0.3) is 0 Å². The van der Waals surface area contributed by atoms with Gasteiger partial charge in [-0.1, -0.05) is 6.08 Å². The van der Waals surface area contributed by atoms with Crippen molar-refractivity contribution in [1.29, 1.82) is 0 Å². The van der Waals surface area contributed by atoms with Crippen molar-refractivity contribution in [2.24, 2.45) is 5.41 Å². The molecule has 0 radical (unpaired) electrons. The minimum Gasteiger partial charge on any atom is -0.385 e. The number of ether oxygens (including phenoxy) is 4. The summed E-state index contributed by atoms with van der Waals surface area (Å²) in [4.78, 5) is 0. The summed E-state index contributed by atoms with van der Waals surface area (Å²) in [6.45, 7) is 7.68. The summed E-state index contributed by atoms with van der Waals surface area (Å²) >= 11 is 0. The fraction of sp³-hybridized carbons (Fsp3) is 0.760. The van der Waals surface area contributed by atoms with E-state index < -0.39 is 0 Å². The molecule has 2 saturated carbocycles. The third-order valence-corrected chi connectivity index (χ3v) is 9.30. The predicted octanol–water partition coefficient (Wildman–Crippen LogP) is 4.64. The van der Waals surface area contributed by atoms with Crippen molar-refractivity contribution in [2.45, 2.75) is 93.7 Å². The lowest BCUT2D eigenvalue weighted by Crippen LogP contribution is -2.62. The van der Waals surface area contributed by atoms with E-state index in [0.29, 0.717) is 6.61 Å². The van der Waals surface area contributed by atoms with Crippen LogP contribution in [-0.4, -0.2) is 49.3 Å². The molecule has 6 aliphatic rings. The second-order valence-corrected chi connectivity index (χ2v) is 10.2. The first kappa shape index (κ1) is 18.8. The molecule has 6 rings (SSSR count). The topological polar surface area (TPSA) is 36.9 Å². The average molecular weight is 399 g/mol. The minimum atomic E-state index is -0.357. The van der Waals surface area contributed by atoms with E-state index in [1.54, 1.807) is 18.3 Å². The van der Waals surface area contributed by atoms with Crippen molar-refractivity contribution in [3.8, 4) is 0 Å². The highest BCUT2D eigenvalue weighted by molar-refractivity contribution is 5.60. The zero-order valence-corrected chi connectivity index (χ0v) is 17.9. The Labute approximate surface area is 174 Å². The van der Waals surface area contributed by atoms with Gasteiger partial charge in [0.15, 0.2) is 0 Å². The highest BCUT2D eigenvalue weighted by Gasteiger charge is 2.82. The van der Waals surface area contributed by atoms with E-state index in [2.05, 4.69) is 19.6 Å². The van der Waals surface area contributed by atoms with Crippen LogP contribution in [0.4, 0.5) is 0 Å². The largest absolute Gasteiger partial charge is 0.385 e. The molecule has 6 atom stereocenters. The Bertz CT molecular complexity index is 814. The van der Waals surface area contributed by atoms with Crippen molar-refractivity contribution >= 4 is 0 Å². The molecule has 0 amide bonds. The summed E-state index contributed by atoms with van der Waals surface area (Å²) in [6, 6.07) is 0. The molecule has 0 aromatic heterocycles. The van der Waals surface area contributed by atoms with Gasteiger partial charge in [-0.15, -0.1) is 6.58 Å². The van der Waals surface area contributed by atoms with Crippen molar-refractivity contribution < 1.29 is 18.9 Å². The van der Waals surface area contributed by atoms with Gasteiger partial charge in [-0.3, -0.25) is 0 Å². The van der Waals surface area contributed by atoms with Gasteiger partial charge in [0.2, 0.25) is 0 Å². The highest BCUT2D eigenvalue weighted by Crippen LogP contribution is 2.77. The van der Waals surface area contributed by atoms with E-state index in [1.807, 2.05) is 6.08 Å². The Morgan fingerprint density at radius 1 is 1.24 bits per heavy atom. The van der Waals surface area contributed by atoms with Crippen molar-refractivity contribution in [3.63, 3.8) is 0 Å². The second kappa shape index (κ2) is 6.06. The van der Waals surface area contributed by atoms with Gasteiger partial charge in [0.05, 0.1) is 24.4 Å². The highest BCUT2D eigenvalue weighted by atomic mass is 16.6. The van der Waals surface area contributed by atoms with Gasteiger partial charge in [0.1, 0.15) is 11.2 Å². The molecule has 1 saturated heterocycles. The molecule has 0 aromatic rings. The van der Waals surface area contributed by atoms with Crippen LogP contribution in [0.1, 0.15) is 64.7 Å². The first-order valence-electron chi connectivity index (χ1n) is 11.6. The fourth-order valence-electron chi connectivity index (χ4n) is 8.26. The first-order valence-corrected chi connectivity index (χ1v) is 11.6. The van der Waals surface area contributed by atoms with Crippen molar-refractivity contribution in [1.82, 2.24) is 0 Å². The van der Waals surface area contributed by atoms with Crippen LogP contribution >= 0.6 is 0 Å². The minimum absolute atomic E-state index is 0.00742. The number of methoxy groups -OCH3 is 1. The molecule has 0 aromatic carbocycles. The molecule has 3 aliphatic heterocycles. The summed E-state index contributed by atoms with van der Waals surface area (Å²) in [5.41, 5.74) is 3.69. The maximum atomic E-state index is 7.04. The third kappa shape index (κ3) is 1.96. The molecule has 29 heavy (non-hydrogen) atoms. The summed E-state index contributed by atoms with van der Waals surface area (Å²) in [7, 11) is 1.80. The zero-order valence-electron chi connectivity index (χ0n) is 17.9. The van der Waals surface area contributed by atoms with Crippen LogP contribution in [0.2, 0.25) is 0 Å². The Balaban J connectivity index is 1.51. The molecule has 3 aliphatic carbocycles. The van der Waals surface area contributed by atoms with Crippen LogP contribution < -0.4 is 0 Å². The third-order valence-electron chi connectivity index (χ3n) is 9.30.